The van der Waals surface area contributed by atoms with E-state index in [9.17, 15) is 4.79 Å². The molecule has 1 atom stereocenters. The van der Waals surface area contributed by atoms with Crippen molar-refractivity contribution in [3.63, 3.8) is 0 Å². The fourth-order valence-corrected chi connectivity index (χ4v) is 1.28. The molecule has 0 aliphatic heterocycles. The number of hydrogen-bond donors (Lipinski definition) is 1. The van der Waals surface area contributed by atoms with Gasteiger partial charge in [-0.1, -0.05) is 34.8 Å². The molecule has 0 spiro atoms. The Morgan fingerprint density at radius 1 is 1.43 bits per heavy atom. The number of hydrogen-bond acceptors (Lipinski definition) is 2. The molecule has 0 bridgehead atoms. The van der Waals surface area contributed by atoms with Gasteiger partial charge in [0.1, 0.15) is 5.75 Å². The molecule has 0 aliphatic carbocycles. The first-order valence-electron chi connectivity index (χ1n) is 3.49. The highest BCUT2D eigenvalue weighted by atomic mass is 35.5. The second-order valence-corrected chi connectivity index (χ2v) is 3.59. The Bertz CT molecular complexity index is 354. The summed E-state index contributed by atoms with van der Waals surface area (Å²) in [4.78, 5) is 10.4. The molecule has 0 fully saturated rings. The fraction of sp³-hybridized carbons (Fsp3) is 0.125. The second-order valence-electron chi connectivity index (χ2n) is 2.35. The van der Waals surface area contributed by atoms with Crippen LogP contribution in [-0.4, -0.2) is 16.6 Å². The summed E-state index contributed by atoms with van der Waals surface area (Å²) in [6.07, 6.45) is 0. The smallest absolute Gasteiger partial charge is 0.360 e. The number of carbonyl (C=O) groups is 1. The van der Waals surface area contributed by atoms with Gasteiger partial charge < -0.3 is 9.84 Å². The van der Waals surface area contributed by atoms with Crippen molar-refractivity contribution in [2.75, 3.05) is 0 Å². The van der Waals surface area contributed by atoms with Crippen LogP contribution < -0.4 is 4.74 Å². The standard InChI is InChI=1S/C8H5Cl3O3/c9-4-1-2-6(5(10)3-4)14-7(11)8(12)13/h1-3,7H,(H,12,13). The Hall–Kier alpha value is -0.640. The number of aliphatic carboxylic acids is 1. The summed E-state index contributed by atoms with van der Waals surface area (Å²) in [5.74, 6) is -1.10. The molecule has 1 N–H and O–H groups in total. The summed E-state index contributed by atoms with van der Waals surface area (Å²) < 4.78 is 4.84. The zero-order valence-corrected chi connectivity index (χ0v) is 8.97. The van der Waals surface area contributed by atoms with E-state index in [0.717, 1.165) is 0 Å². The van der Waals surface area contributed by atoms with E-state index in [1.165, 1.54) is 18.2 Å². The average Bonchev–Trinajstić information content (AvgIpc) is 2.09. The summed E-state index contributed by atoms with van der Waals surface area (Å²) in [5, 5.41) is 9.11. The van der Waals surface area contributed by atoms with Gasteiger partial charge in [-0.25, -0.2) is 4.79 Å². The van der Waals surface area contributed by atoms with Gasteiger partial charge in [-0.05, 0) is 18.2 Å². The summed E-state index contributed by atoms with van der Waals surface area (Å²) >= 11 is 16.7. The number of carboxylic acids is 1. The molecule has 1 aromatic rings. The third-order valence-corrected chi connectivity index (χ3v) is 2.12. The number of carboxylic acid groups (broad SMARTS) is 1. The Morgan fingerprint density at radius 2 is 2.07 bits per heavy atom. The molecule has 1 unspecified atom stereocenters. The highest BCUT2D eigenvalue weighted by molar-refractivity contribution is 6.35. The van der Waals surface area contributed by atoms with Gasteiger partial charge in [0.2, 0.25) is 0 Å². The van der Waals surface area contributed by atoms with Gasteiger partial charge in [-0.15, -0.1) is 0 Å². The molecule has 3 nitrogen and oxygen atoms in total. The van der Waals surface area contributed by atoms with Gasteiger partial charge >= 0.3 is 5.97 Å². The Balaban J connectivity index is 2.82. The van der Waals surface area contributed by atoms with E-state index in [4.69, 9.17) is 44.6 Å². The van der Waals surface area contributed by atoms with Crippen molar-refractivity contribution in [1.29, 1.82) is 0 Å². The molecule has 0 aromatic heterocycles. The maximum absolute atomic E-state index is 10.4. The third-order valence-electron chi connectivity index (χ3n) is 1.32. The van der Waals surface area contributed by atoms with Crippen molar-refractivity contribution in [3.8, 4) is 5.75 Å². The predicted octanol–water partition coefficient (Wildman–Crippen LogP) is 3.02. The quantitative estimate of drug-likeness (QED) is 0.845. The molecule has 0 saturated carbocycles. The molecular formula is C8H5Cl3O3. The van der Waals surface area contributed by atoms with Crippen molar-refractivity contribution >= 4 is 40.8 Å². The number of halogens is 3. The van der Waals surface area contributed by atoms with Gasteiger partial charge in [0, 0.05) is 5.02 Å². The summed E-state index contributed by atoms with van der Waals surface area (Å²) in [6, 6.07) is 4.40. The molecule has 6 heteroatoms. The number of ether oxygens (including phenoxy) is 1. The van der Waals surface area contributed by atoms with E-state index in [2.05, 4.69) is 0 Å². The lowest BCUT2D eigenvalue weighted by Crippen LogP contribution is -2.20. The molecule has 0 radical (unpaired) electrons. The maximum Gasteiger partial charge on any atom is 0.360 e. The van der Waals surface area contributed by atoms with E-state index < -0.39 is 11.5 Å². The molecule has 14 heavy (non-hydrogen) atoms. The minimum Gasteiger partial charge on any atom is -0.478 e. The van der Waals surface area contributed by atoms with Crippen LogP contribution in [0.15, 0.2) is 18.2 Å². The minimum absolute atomic E-state index is 0.179. The zero-order chi connectivity index (χ0) is 10.7. The van der Waals surface area contributed by atoms with Crippen molar-refractivity contribution in [2.24, 2.45) is 0 Å². The molecule has 0 saturated heterocycles. The molecule has 0 aliphatic rings. The molecule has 76 valence electrons. The Labute approximate surface area is 95.1 Å². The average molecular weight is 255 g/mol. The van der Waals surface area contributed by atoms with E-state index in [0.29, 0.717) is 5.02 Å². The van der Waals surface area contributed by atoms with Crippen LogP contribution in [0.3, 0.4) is 0 Å². The number of benzene rings is 1. The topological polar surface area (TPSA) is 46.5 Å². The predicted molar refractivity (Wildman–Crippen MR) is 54.4 cm³/mol. The van der Waals surface area contributed by atoms with E-state index in [1.54, 1.807) is 0 Å². The van der Waals surface area contributed by atoms with Crippen LogP contribution in [0, 0.1) is 0 Å². The normalized spacial score (nSPS) is 12.2. The summed E-state index contributed by atoms with van der Waals surface area (Å²) in [6.45, 7) is 0. The van der Waals surface area contributed by atoms with Crippen LogP contribution in [0.5, 0.6) is 5.75 Å². The molecule has 0 amide bonds. The lowest BCUT2D eigenvalue weighted by Gasteiger charge is -2.09. The maximum atomic E-state index is 10.4. The van der Waals surface area contributed by atoms with Crippen molar-refractivity contribution in [3.05, 3.63) is 28.2 Å². The van der Waals surface area contributed by atoms with Crippen molar-refractivity contribution in [2.45, 2.75) is 5.56 Å². The van der Waals surface area contributed by atoms with Crippen LogP contribution in [0.4, 0.5) is 0 Å². The monoisotopic (exact) mass is 254 g/mol. The van der Waals surface area contributed by atoms with Gasteiger partial charge in [0.25, 0.3) is 5.56 Å². The zero-order valence-electron chi connectivity index (χ0n) is 6.71. The summed E-state index contributed by atoms with van der Waals surface area (Å²) in [5.41, 5.74) is -1.46. The Morgan fingerprint density at radius 3 is 2.57 bits per heavy atom. The Kier molecular flexibility index (Phi) is 3.86. The first kappa shape index (κ1) is 11.4. The fourth-order valence-electron chi connectivity index (χ4n) is 0.733. The van der Waals surface area contributed by atoms with Crippen molar-refractivity contribution < 1.29 is 14.6 Å². The SMILES string of the molecule is O=C(O)C(Cl)Oc1ccc(Cl)cc1Cl. The highest BCUT2D eigenvalue weighted by Crippen LogP contribution is 2.28. The van der Waals surface area contributed by atoms with Gasteiger partial charge in [-0.2, -0.15) is 0 Å². The highest BCUT2D eigenvalue weighted by Gasteiger charge is 2.16. The lowest BCUT2D eigenvalue weighted by atomic mass is 10.3. The van der Waals surface area contributed by atoms with E-state index in [1.807, 2.05) is 0 Å². The van der Waals surface area contributed by atoms with E-state index in [-0.39, 0.29) is 10.8 Å². The second kappa shape index (κ2) is 4.73. The first-order valence-corrected chi connectivity index (χ1v) is 4.68. The van der Waals surface area contributed by atoms with Crippen LogP contribution >= 0.6 is 34.8 Å². The number of alkyl halides is 1. The van der Waals surface area contributed by atoms with Crippen molar-refractivity contribution in [1.82, 2.24) is 0 Å². The van der Waals surface area contributed by atoms with Crippen LogP contribution in [0.2, 0.25) is 10.0 Å². The van der Waals surface area contributed by atoms with Crippen LogP contribution in [-0.2, 0) is 4.79 Å². The van der Waals surface area contributed by atoms with Crippen LogP contribution in [0.25, 0.3) is 0 Å². The third kappa shape index (κ3) is 2.94. The van der Waals surface area contributed by atoms with Gasteiger partial charge in [0.15, 0.2) is 0 Å². The van der Waals surface area contributed by atoms with Gasteiger partial charge in [-0.3, -0.25) is 0 Å². The van der Waals surface area contributed by atoms with Crippen LogP contribution in [0.1, 0.15) is 0 Å². The summed E-state index contributed by atoms with van der Waals surface area (Å²) in [7, 11) is 0. The van der Waals surface area contributed by atoms with Gasteiger partial charge in [0.05, 0.1) is 5.02 Å². The van der Waals surface area contributed by atoms with E-state index >= 15 is 0 Å². The molecule has 1 rings (SSSR count). The molecular weight excluding hydrogens is 250 g/mol. The molecule has 0 heterocycles. The minimum atomic E-state index is -1.46. The lowest BCUT2D eigenvalue weighted by molar-refractivity contribution is -0.141. The first-order chi connectivity index (χ1) is 6.50. The largest absolute Gasteiger partial charge is 0.478 e. The molecule has 1 aromatic carbocycles. The number of rotatable bonds is 3.